The number of benzene rings is 1. The molecule has 94 valence electrons. The summed E-state index contributed by atoms with van der Waals surface area (Å²) in [5.41, 5.74) is 1.03. The van der Waals surface area contributed by atoms with Crippen LogP contribution in [0.4, 0.5) is 0 Å². The third kappa shape index (κ3) is 2.83. The van der Waals surface area contributed by atoms with Gasteiger partial charge in [-0.3, -0.25) is 0 Å². The Hall–Kier alpha value is -0.550. The molecular formula is C12H15BrO3S. The van der Waals surface area contributed by atoms with Crippen molar-refractivity contribution >= 4 is 25.8 Å². The molecule has 17 heavy (non-hydrogen) atoms. The summed E-state index contributed by atoms with van der Waals surface area (Å²) >= 11 is 3.61. The molecule has 1 heterocycles. The van der Waals surface area contributed by atoms with E-state index in [4.69, 9.17) is 4.74 Å². The first-order valence-electron chi connectivity index (χ1n) is 5.51. The van der Waals surface area contributed by atoms with Gasteiger partial charge in [-0.15, -0.1) is 0 Å². The Labute approximate surface area is 110 Å². The molecular weight excluding hydrogens is 304 g/mol. The molecule has 2 rings (SSSR count). The van der Waals surface area contributed by atoms with Gasteiger partial charge in [0, 0.05) is 10.4 Å². The molecule has 1 aliphatic heterocycles. The van der Waals surface area contributed by atoms with Gasteiger partial charge in [-0.1, -0.05) is 34.1 Å². The summed E-state index contributed by atoms with van der Waals surface area (Å²) in [6, 6.07) is 7.72. The maximum Gasteiger partial charge on any atom is 0.150 e. The SMILES string of the molecule is COc1ccccc1C(Br)C1CCS(=O)(=O)C1. The summed E-state index contributed by atoms with van der Waals surface area (Å²) in [7, 11) is -1.21. The zero-order chi connectivity index (χ0) is 12.5. The van der Waals surface area contributed by atoms with Crippen molar-refractivity contribution in [1.29, 1.82) is 0 Å². The van der Waals surface area contributed by atoms with Crippen molar-refractivity contribution in [3.8, 4) is 5.75 Å². The van der Waals surface area contributed by atoms with E-state index in [1.54, 1.807) is 7.11 Å². The highest BCUT2D eigenvalue weighted by atomic mass is 79.9. The molecule has 1 aromatic rings. The van der Waals surface area contributed by atoms with Crippen LogP contribution in [0.25, 0.3) is 0 Å². The second kappa shape index (κ2) is 4.98. The fourth-order valence-corrected chi connectivity index (χ4v) is 5.12. The molecule has 1 aromatic carbocycles. The predicted octanol–water partition coefficient (Wildman–Crippen LogP) is 2.57. The largest absolute Gasteiger partial charge is 0.496 e. The maximum absolute atomic E-state index is 11.5. The molecule has 0 saturated carbocycles. The summed E-state index contributed by atoms with van der Waals surface area (Å²) in [5, 5.41) is 0. The minimum Gasteiger partial charge on any atom is -0.496 e. The smallest absolute Gasteiger partial charge is 0.150 e. The van der Waals surface area contributed by atoms with Gasteiger partial charge in [0.15, 0.2) is 9.84 Å². The van der Waals surface area contributed by atoms with E-state index < -0.39 is 9.84 Å². The van der Waals surface area contributed by atoms with Crippen LogP contribution in [0.5, 0.6) is 5.75 Å². The lowest BCUT2D eigenvalue weighted by Crippen LogP contribution is -2.10. The number of sulfone groups is 1. The topological polar surface area (TPSA) is 43.4 Å². The highest BCUT2D eigenvalue weighted by Gasteiger charge is 2.34. The van der Waals surface area contributed by atoms with E-state index >= 15 is 0 Å². The lowest BCUT2D eigenvalue weighted by Gasteiger charge is -2.18. The van der Waals surface area contributed by atoms with E-state index in [9.17, 15) is 8.42 Å². The molecule has 0 amide bonds. The van der Waals surface area contributed by atoms with Crippen LogP contribution < -0.4 is 4.74 Å². The molecule has 3 nitrogen and oxygen atoms in total. The zero-order valence-electron chi connectivity index (χ0n) is 9.60. The van der Waals surface area contributed by atoms with Gasteiger partial charge in [-0.25, -0.2) is 8.42 Å². The molecule has 0 radical (unpaired) electrons. The first-order chi connectivity index (χ1) is 8.03. The van der Waals surface area contributed by atoms with Crippen LogP contribution in [0.2, 0.25) is 0 Å². The maximum atomic E-state index is 11.5. The minimum absolute atomic E-state index is 0.0379. The number of halogens is 1. The highest BCUT2D eigenvalue weighted by Crippen LogP contribution is 2.41. The molecule has 2 atom stereocenters. The van der Waals surface area contributed by atoms with Gasteiger partial charge in [-0.05, 0) is 18.4 Å². The molecule has 0 bridgehead atoms. The van der Waals surface area contributed by atoms with Gasteiger partial charge in [0.1, 0.15) is 5.75 Å². The van der Waals surface area contributed by atoms with Crippen molar-refractivity contribution in [3.63, 3.8) is 0 Å². The number of hydrogen-bond acceptors (Lipinski definition) is 3. The molecule has 0 spiro atoms. The van der Waals surface area contributed by atoms with Gasteiger partial charge < -0.3 is 4.74 Å². The van der Waals surface area contributed by atoms with E-state index in [1.165, 1.54) is 0 Å². The van der Waals surface area contributed by atoms with Crippen LogP contribution in [0.3, 0.4) is 0 Å². The van der Waals surface area contributed by atoms with Crippen molar-refractivity contribution < 1.29 is 13.2 Å². The Kier molecular flexibility index (Phi) is 3.78. The van der Waals surface area contributed by atoms with Crippen LogP contribution in [-0.4, -0.2) is 27.0 Å². The standard InChI is InChI=1S/C12H15BrO3S/c1-16-11-5-3-2-4-10(11)12(13)9-6-7-17(14,15)8-9/h2-5,9,12H,6-8H2,1H3. The Balaban J connectivity index is 2.23. The number of ether oxygens (including phenoxy) is 1. The van der Waals surface area contributed by atoms with Gasteiger partial charge in [-0.2, -0.15) is 0 Å². The first kappa shape index (κ1) is 12.9. The molecule has 1 saturated heterocycles. The van der Waals surface area contributed by atoms with Gasteiger partial charge in [0.2, 0.25) is 0 Å². The summed E-state index contributed by atoms with van der Waals surface area (Å²) in [6.45, 7) is 0. The Morgan fingerprint density at radius 1 is 1.41 bits per heavy atom. The molecule has 1 aliphatic rings. The normalized spacial score (nSPS) is 24.5. The van der Waals surface area contributed by atoms with Crippen molar-refractivity contribution in [3.05, 3.63) is 29.8 Å². The van der Waals surface area contributed by atoms with Crippen LogP contribution in [0, 0.1) is 5.92 Å². The Bertz CT molecular complexity index is 498. The third-order valence-electron chi connectivity index (χ3n) is 3.12. The van der Waals surface area contributed by atoms with Gasteiger partial charge >= 0.3 is 0 Å². The van der Waals surface area contributed by atoms with Gasteiger partial charge in [0.05, 0.1) is 18.6 Å². The second-order valence-electron chi connectivity index (χ2n) is 4.31. The monoisotopic (exact) mass is 318 g/mol. The number of alkyl halides is 1. The Morgan fingerprint density at radius 3 is 2.71 bits per heavy atom. The average Bonchev–Trinajstić information content (AvgIpc) is 2.68. The summed E-state index contributed by atoms with van der Waals surface area (Å²) in [6.07, 6.45) is 0.719. The molecule has 1 fully saturated rings. The van der Waals surface area contributed by atoms with E-state index in [0.717, 1.165) is 17.7 Å². The van der Waals surface area contributed by atoms with Crippen molar-refractivity contribution in [2.45, 2.75) is 11.2 Å². The molecule has 5 heteroatoms. The van der Waals surface area contributed by atoms with Crippen LogP contribution in [0.15, 0.2) is 24.3 Å². The van der Waals surface area contributed by atoms with E-state index in [2.05, 4.69) is 15.9 Å². The third-order valence-corrected chi connectivity index (χ3v) is 6.15. The van der Waals surface area contributed by atoms with E-state index in [0.29, 0.717) is 5.75 Å². The van der Waals surface area contributed by atoms with Crippen LogP contribution in [-0.2, 0) is 9.84 Å². The lowest BCUT2D eigenvalue weighted by atomic mass is 9.98. The number of para-hydroxylation sites is 1. The first-order valence-corrected chi connectivity index (χ1v) is 8.24. The number of methoxy groups -OCH3 is 1. The van der Waals surface area contributed by atoms with Crippen molar-refractivity contribution in [2.75, 3.05) is 18.6 Å². The highest BCUT2D eigenvalue weighted by molar-refractivity contribution is 9.09. The summed E-state index contributed by atoms with van der Waals surface area (Å²) in [4.78, 5) is 0.0379. The summed E-state index contributed by atoms with van der Waals surface area (Å²) in [5.74, 6) is 1.51. The van der Waals surface area contributed by atoms with Crippen LogP contribution in [0.1, 0.15) is 16.8 Å². The van der Waals surface area contributed by atoms with Gasteiger partial charge in [0.25, 0.3) is 0 Å². The lowest BCUT2D eigenvalue weighted by molar-refractivity contribution is 0.405. The summed E-state index contributed by atoms with van der Waals surface area (Å²) < 4.78 is 28.3. The number of rotatable bonds is 3. The molecule has 0 aromatic heterocycles. The Morgan fingerprint density at radius 2 is 2.12 bits per heavy atom. The van der Waals surface area contributed by atoms with E-state index in [-0.39, 0.29) is 16.5 Å². The average molecular weight is 319 g/mol. The minimum atomic E-state index is -2.84. The van der Waals surface area contributed by atoms with Crippen molar-refractivity contribution in [1.82, 2.24) is 0 Å². The molecule has 0 N–H and O–H groups in total. The van der Waals surface area contributed by atoms with Crippen LogP contribution >= 0.6 is 15.9 Å². The molecule has 2 unspecified atom stereocenters. The number of hydrogen-bond donors (Lipinski definition) is 0. The predicted molar refractivity (Wildman–Crippen MR) is 71.4 cm³/mol. The quantitative estimate of drug-likeness (QED) is 0.804. The van der Waals surface area contributed by atoms with E-state index in [1.807, 2.05) is 24.3 Å². The molecule has 0 aliphatic carbocycles. The fourth-order valence-electron chi connectivity index (χ4n) is 2.20. The van der Waals surface area contributed by atoms with Crippen molar-refractivity contribution in [2.24, 2.45) is 5.92 Å². The second-order valence-corrected chi connectivity index (χ2v) is 7.52. The zero-order valence-corrected chi connectivity index (χ0v) is 12.0. The fraction of sp³-hybridized carbons (Fsp3) is 0.500.